The summed E-state index contributed by atoms with van der Waals surface area (Å²) in [5, 5.41) is 0. The second kappa shape index (κ2) is 4.78. The van der Waals surface area contributed by atoms with Gasteiger partial charge < -0.3 is 5.73 Å². The molecule has 21 heavy (non-hydrogen) atoms. The summed E-state index contributed by atoms with van der Waals surface area (Å²) < 4.78 is 0. The first-order valence-electron chi connectivity index (χ1n) is 7.35. The minimum absolute atomic E-state index is 0.430. The van der Waals surface area contributed by atoms with Crippen molar-refractivity contribution in [2.75, 3.05) is 5.73 Å². The van der Waals surface area contributed by atoms with Crippen molar-refractivity contribution in [3.63, 3.8) is 0 Å². The Morgan fingerprint density at radius 2 is 1.33 bits per heavy atom. The van der Waals surface area contributed by atoms with Crippen LogP contribution in [0.5, 0.6) is 0 Å². The van der Waals surface area contributed by atoms with Crippen LogP contribution in [-0.2, 0) is 6.42 Å². The molecule has 0 atom stereocenters. The fourth-order valence-electron chi connectivity index (χ4n) is 3.44. The van der Waals surface area contributed by atoms with E-state index < -0.39 is 0 Å². The number of hydrogen-bond donors (Lipinski definition) is 1. The Balaban J connectivity index is 1.82. The van der Waals surface area contributed by atoms with Crippen LogP contribution in [-0.4, -0.2) is 0 Å². The van der Waals surface area contributed by atoms with Gasteiger partial charge in [-0.2, -0.15) is 0 Å². The van der Waals surface area contributed by atoms with E-state index in [0.29, 0.717) is 5.92 Å². The van der Waals surface area contributed by atoms with Crippen molar-refractivity contribution < 1.29 is 0 Å². The lowest BCUT2D eigenvalue weighted by atomic mass is 9.90. The van der Waals surface area contributed by atoms with E-state index in [1.54, 1.807) is 0 Å². The molecule has 0 aromatic heterocycles. The Kier molecular flexibility index (Phi) is 2.78. The fourth-order valence-corrected chi connectivity index (χ4v) is 3.44. The average Bonchev–Trinajstić information content (AvgIpc) is 2.83. The van der Waals surface area contributed by atoms with Crippen molar-refractivity contribution in [1.29, 1.82) is 0 Å². The Bertz CT molecular complexity index is 759. The van der Waals surface area contributed by atoms with Gasteiger partial charge in [-0.15, -0.1) is 0 Å². The predicted octanol–water partition coefficient (Wildman–Crippen LogP) is 4.62. The molecule has 0 saturated heterocycles. The topological polar surface area (TPSA) is 26.0 Å². The molecule has 0 bridgehead atoms. The molecule has 102 valence electrons. The number of anilines is 1. The van der Waals surface area contributed by atoms with Gasteiger partial charge in [0, 0.05) is 11.6 Å². The molecule has 0 amide bonds. The summed E-state index contributed by atoms with van der Waals surface area (Å²) in [5.41, 5.74) is 13.7. The largest absolute Gasteiger partial charge is 0.399 e. The predicted molar refractivity (Wildman–Crippen MR) is 88.3 cm³/mol. The molecule has 4 rings (SSSR count). The van der Waals surface area contributed by atoms with Crippen molar-refractivity contribution >= 4 is 5.69 Å². The van der Waals surface area contributed by atoms with Crippen molar-refractivity contribution in [2.45, 2.75) is 12.3 Å². The second-order valence-corrected chi connectivity index (χ2v) is 5.68. The van der Waals surface area contributed by atoms with E-state index in [1.165, 1.54) is 27.8 Å². The zero-order chi connectivity index (χ0) is 14.2. The van der Waals surface area contributed by atoms with Crippen LogP contribution in [0.3, 0.4) is 0 Å². The van der Waals surface area contributed by atoms with E-state index in [1.807, 2.05) is 12.1 Å². The summed E-state index contributed by atoms with van der Waals surface area (Å²) in [4.78, 5) is 0. The van der Waals surface area contributed by atoms with E-state index in [4.69, 9.17) is 5.73 Å². The summed E-state index contributed by atoms with van der Waals surface area (Å²) in [5.74, 6) is 0.430. The molecule has 0 spiro atoms. The maximum absolute atomic E-state index is 5.92. The monoisotopic (exact) mass is 271 g/mol. The molecule has 0 heterocycles. The van der Waals surface area contributed by atoms with Gasteiger partial charge in [0.2, 0.25) is 0 Å². The lowest BCUT2D eigenvalue weighted by Crippen LogP contribution is -2.01. The molecule has 0 aliphatic heterocycles. The van der Waals surface area contributed by atoms with Crippen LogP contribution >= 0.6 is 0 Å². The van der Waals surface area contributed by atoms with Gasteiger partial charge in [-0.05, 0) is 46.4 Å². The quantitative estimate of drug-likeness (QED) is 0.676. The maximum Gasteiger partial charge on any atom is 0.0316 e. The normalized spacial score (nSPS) is 13.0. The van der Waals surface area contributed by atoms with Crippen LogP contribution in [0.2, 0.25) is 0 Å². The minimum Gasteiger partial charge on any atom is -0.399 e. The SMILES string of the molecule is Nc1cccc(CC2c3ccccc3-c3ccccc32)c1. The second-order valence-electron chi connectivity index (χ2n) is 5.68. The Hall–Kier alpha value is -2.54. The van der Waals surface area contributed by atoms with E-state index in [2.05, 4.69) is 60.7 Å². The highest BCUT2D eigenvalue weighted by molar-refractivity contribution is 5.78. The summed E-state index contributed by atoms with van der Waals surface area (Å²) in [6.07, 6.45) is 0.999. The van der Waals surface area contributed by atoms with E-state index >= 15 is 0 Å². The fraction of sp³-hybridized carbons (Fsp3) is 0.100. The van der Waals surface area contributed by atoms with Crippen LogP contribution in [0.1, 0.15) is 22.6 Å². The van der Waals surface area contributed by atoms with Crippen molar-refractivity contribution in [3.8, 4) is 11.1 Å². The van der Waals surface area contributed by atoms with Gasteiger partial charge in [-0.1, -0.05) is 60.7 Å². The first kappa shape index (κ1) is 12.2. The van der Waals surface area contributed by atoms with Crippen molar-refractivity contribution in [2.24, 2.45) is 0 Å². The van der Waals surface area contributed by atoms with Gasteiger partial charge in [0.25, 0.3) is 0 Å². The molecule has 2 N–H and O–H groups in total. The van der Waals surface area contributed by atoms with Crippen molar-refractivity contribution in [3.05, 3.63) is 89.5 Å². The molecule has 0 saturated carbocycles. The lowest BCUT2D eigenvalue weighted by Gasteiger charge is -2.14. The number of hydrogen-bond acceptors (Lipinski definition) is 1. The third kappa shape index (κ3) is 2.02. The first-order chi connectivity index (χ1) is 10.3. The summed E-state index contributed by atoms with van der Waals surface area (Å²) in [7, 11) is 0. The van der Waals surface area contributed by atoms with Gasteiger partial charge in [0.1, 0.15) is 0 Å². The highest BCUT2D eigenvalue weighted by atomic mass is 14.5. The third-order valence-electron chi connectivity index (χ3n) is 4.35. The maximum atomic E-state index is 5.92. The molecule has 0 radical (unpaired) electrons. The molecule has 0 unspecified atom stereocenters. The lowest BCUT2D eigenvalue weighted by molar-refractivity contribution is 0.827. The standard InChI is InChI=1S/C20H17N/c21-15-7-5-6-14(12-15)13-20-18-10-3-1-8-16(18)17-9-2-4-11-19(17)20/h1-12,20H,13,21H2. The molecule has 3 aromatic rings. The van der Waals surface area contributed by atoms with E-state index in [9.17, 15) is 0 Å². The Labute approximate surface area is 125 Å². The van der Waals surface area contributed by atoms with Crippen molar-refractivity contribution in [1.82, 2.24) is 0 Å². The Morgan fingerprint density at radius 1 is 0.714 bits per heavy atom. The van der Waals surface area contributed by atoms with Crippen LogP contribution in [0.15, 0.2) is 72.8 Å². The molecular formula is C20H17N. The van der Waals surface area contributed by atoms with E-state index in [0.717, 1.165) is 12.1 Å². The number of benzene rings is 3. The summed E-state index contributed by atoms with van der Waals surface area (Å²) in [6, 6.07) is 25.7. The molecule has 1 heteroatoms. The summed E-state index contributed by atoms with van der Waals surface area (Å²) >= 11 is 0. The highest BCUT2D eigenvalue weighted by Gasteiger charge is 2.27. The number of rotatable bonds is 2. The van der Waals surface area contributed by atoms with Crippen LogP contribution in [0.4, 0.5) is 5.69 Å². The van der Waals surface area contributed by atoms with Gasteiger partial charge in [0.05, 0.1) is 0 Å². The zero-order valence-electron chi connectivity index (χ0n) is 11.8. The van der Waals surface area contributed by atoms with Crippen LogP contribution < -0.4 is 5.73 Å². The smallest absolute Gasteiger partial charge is 0.0316 e. The molecule has 3 aromatic carbocycles. The van der Waals surface area contributed by atoms with Gasteiger partial charge >= 0.3 is 0 Å². The molecular weight excluding hydrogens is 254 g/mol. The zero-order valence-corrected chi connectivity index (χ0v) is 11.8. The van der Waals surface area contributed by atoms with Crippen LogP contribution in [0.25, 0.3) is 11.1 Å². The van der Waals surface area contributed by atoms with Gasteiger partial charge in [-0.3, -0.25) is 0 Å². The van der Waals surface area contributed by atoms with Crippen LogP contribution in [0, 0.1) is 0 Å². The first-order valence-corrected chi connectivity index (χ1v) is 7.35. The minimum atomic E-state index is 0.430. The van der Waals surface area contributed by atoms with E-state index in [-0.39, 0.29) is 0 Å². The highest BCUT2D eigenvalue weighted by Crippen LogP contribution is 2.45. The molecule has 0 fully saturated rings. The Morgan fingerprint density at radius 3 is 1.95 bits per heavy atom. The molecule has 1 aliphatic carbocycles. The number of nitrogen functional groups attached to an aromatic ring is 1. The third-order valence-corrected chi connectivity index (χ3v) is 4.35. The van der Waals surface area contributed by atoms with Gasteiger partial charge in [-0.25, -0.2) is 0 Å². The number of fused-ring (bicyclic) bond motifs is 3. The molecule has 1 nitrogen and oxygen atoms in total. The number of nitrogens with two attached hydrogens (primary N) is 1. The average molecular weight is 271 g/mol. The molecule has 1 aliphatic rings. The summed E-state index contributed by atoms with van der Waals surface area (Å²) in [6.45, 7) is 0. The van der Waals surface area contributed by atoms with Gasteiger partial charge in [0.15, 0.2) is 0 Å².